The van der Waals surface area contributed by atoms with E-state index in [0.29, 0.717) is 0 Å². The second kappa shape index (κ2) is 4.30. The Bertz CT molecular complexity index is 211. The van der Waals surface area contributed by atoms with E-state index in [2.05, 4.69) is 19.2 Å². The van der Waals surface area contributed by atoms with Crippen LogP contribution in [0.1, 0.15) is 46.5 Å². The van der Waals surface area contributed by atoms with Gasteiger partial charge in [-0.05, 0) is 32.1 Å². The lowest BCUT2D eigenvalue weighted by atomic mass is 9.78. The molecule has 1 rings (SSSR count). The van der Waals surface area contributed by atoms with Gasteiger partial charge in [0.05, 0.1) is 6.04 Å². The first-order valence-electron chi connectivity index (χ1n) is 5.56. The van der Waals surface area contributed by atoms with Gasteiger partial charge in [0, 0.05) is 5.54 Å². The zero-order valence-corrected chi connectivity index (χ0v) is 9.47. The minimum absolute atomic E-state index is 0.0153. The maximum atomic E-state index is 11.7. The minimum Gasteiger partial charge on any atom is -0.350 e. The third kappa shape index (κ3) is 2.47. The fourth-order valence-electron chi connectivity index (χ4n) is 1.73. The Balaban J connectivity index is 2.41. The van der Waals surface area contributed by atoms with Crippen LogP contribution in [0.4, 0.5) is 0 Å². The highest BCUT2D eigenvalue weighted by atomic mass is 16.2. The van der Waals surface area contributed by atoms with Crippen LogP contribution in [0.5, 0.6) is 0 Å². The van der Waals surface area contributed by atoms with Gasteiger partial charge in [0.1, 0.15) is 0 Å². The molecule has 3 nitrogen and oxygen atoms in total. The SMILES string of the molecule is CCC(C)C(N)C(=O)NC1(C)CCC1. The maximum Gasteiger partial charge on any atom is 0.237 e. The van der Waals surface area contributed by atoms with Crippen molar-refractivity contribution in [2.24, 2.45) is 11.7 Å². The van der Waals surface area contributed by atoms with E-state index in [1.807, 2.05) is 6.92 Å². The van der Waals surface area contributed by atoms with E-state index in [0.717, 1.165) is 19.3 Å². The fraction of sp³-hybridized carbons (Fsp3) is 0.909. The first-order chi connectivity index (χ1) is 6.48. The van der Waals surface area contributed by atoms with Crippen LogP contribution in [-0.4, -0.2) is 17.5 Å². The second-order valence-corrected chi connectivity index (χ2v) is 4.81. The molecule has 0 saturated heterocycles. The molecule has 1 amide bonds. The van der Waals surface area contributed by atoms with E-state index in [1.165, 1.54) is 6.42 Å². The number of carbonyl (C=O) groups excluding carboxylic acids is 1. The zero-order chi connectivity index (χ0) is 10.8. The fourth-order valence-corrected chi connectivity index (χ4v) is 1.73. The van der Waals surface area contributed by atoms with Gasteiger partial charge >= 0.3 is 0 Å². The summed E-state index contributed by atoms with van der Waals surface area (Å²) in [5.41, 5.74) is 5.88. The molecule has 2 atom stereocenters. The number of nitrogens with two attached hydrogens (primary N) is 1. The number of rotatable bonds is 4. The molecule has 0 spiro atoms. The van der Waals surface area contributed by atoms with Gasteiger partial charge in [-0.3, -0.25) is 4.79 Å². The van der Waals surface area contributed by atoms with Gasteiger partial charge in [-0.25, -0.2) is 0 Å². The molecule has 14 heavy (non-hydrogen) atoms. The molecule has 1 aliphatic rings. The molecule has 0 bridgehead atoms. The van der Waals surface area contributed by atoms with E-state index in [1.54, 1.807) is 0 Å². The summed E-state index contributed by atoms with van der Waals surface area (Å²) in [5.74, 6) is 0.278. The molecule has 2 unspecified atom stereocenters. The van der Waals surface area contributed by atoms with Crippen LogP contribution in [0.25, 0.3) is 0 Å². The Morgan fingerprint density at radius 3 is 2.50 bits per heavy atom. The minimum atomic E-state index is -0.350. The Kier molecular flexibility index (Phi) is 3.53. The quantitative estimate of drug-likeness (QED) is 0.717. The lowest BCUT2D eigenvalue weighted by molar-refractivity contribution is -0.126. The Morgan fingerprint density at radius 1 is 1.57 bits per heavy atom. The highest BCUT2D eigenvalue weighted by Crippen LogP contribution is 2.31. The van der Waals surface area contributed by atoms with Gasteiger partial charge in [-0.1, -0.05) is 20.3 Å². The van der Waals surface area contributed by atoms with Crippen LogP contribution >= 0.6 is 0 Å². The van der Waals surface area contributed by atoms with Crippen molar-refractivity contribution < 1.29 is 4.79 Å². The predicted octanol–water partition coefficient (Wildman–Crippen LogP) is 1.42. The molecule has 1 saturated carbocycles. The van der Waals surface area contributed by atoms with Crippen LogP contribution < -0.4 is 11.1 Å². The normalized spacial score (nSPS) is 23.4. The lowest BCUT2D eigenvalue weighted by Gasteiger charge is -2.40. The summed E-state index contributed by atoms with van der Waals surface area (Å²) >= 11 is 0. The van der Waals surface area contributed by atoms with Crippen molar-refractivity contribution >= 4 is 5.91 Å². The van der Waals surface area contributed by atoms with Crippen LogP contribution in [0, 0.1) is 5.92 Å². The van der Waals surface area contributed by atoms with E-state index in [4.69, 9.17) is 5.73 Å². The van der Waals surface area contributed by atoms with Gasteiger partial charge in [0.15, 0.2) is 0 Å². The molecule has 0 radical (unpaired) electrons. The van der Waals surface area contributed by atoms with Crippen molar-refractivity contribution in [3.63, 3.8) is 0 Å². The second-order valence-electron chi connectivity index (χ2n) is 4.81. The van der Waals surface area contributed by atoms with Crippen molar-refractivity contribution in [2.45, 2.75) is 58.0 Å². The summed E-state index contributed by atoms with van der Waals surface area (Å²) in [6.07, 6.45) is 4.35. The largest absolute Gasteiger partial charge is 0.350 e. The third-order valence-electron chi connectivity index (χ3n) is 3.44. The molecule has 82 valence electrons. The summed E-state index contributed by atoms with van der Waals surface area (Å²) < 4.78 is 0. The molecule has 1 aliphatic carbocycles. The average molecular weight is 198 g/mol. The molecular formula is C11H22N2O. The topological polar surface area (TPSA) is 55.1 Å². The lowest BCUT2D eigenvalue weighted by Crippen LogP contribution is -2.56. The molecule has 0 aromatic rings. The molecule has 0 aromatic heterocycles. The van der Waals surface area contributed by atoms with Crippen LogP contribution in [0.3, 0.4) is 0 Å². The van der Waals surface area contributed by atoms with Crippen molar-refractivity contribution in [3.05, 3.63) is 0 Å². The standard InChI is InChI=1S/C11H22N2O/c1-4-8(2)9(12)10(14)13-11(3)6-5-7-11/h8-9H,4-7,12H2,1-3H3,(H,13,14). The Morgan fingerprint density at radius 2 is 2.14 bits per heavy atom. The number of nitrogens with one attached hydrogen (secondary N) is 1. The molecular weight excluding hydrogens is 176 g/mol. The van der Waals surface area contributed by atoms with Gasteiger partial charge in [-0.15, -0.1) is 0 Å². The summed E-state index contributed by atoms with van der Waals surface area (Å²) in [7, 11) is 0. The third-order valence-corrected chi connectivity index (χ3v) is 3.44. The average Bonchev–Trinajstić information content (AvgIpc) is 2.12. The molecule has 0 aromatic carbocycles. The van der Waals surface area contributed by atoms with Crippen molar-refractivity contribution in [1.29, 1.82) is 0 Å². The molecule has 0 heterocycles. The van der Waals surface area contributed by atoms with Gasteiger partial charge in [0.2, 0.25) is 5.91 Å². The smallest absolute Gasteiger partial charge is 0.237 e. The molecule has 1 fully saturated rings. The molecule has 0 aliphatic heterocycles. The Labute approximate surface area is 86.4 Å². The van der Waals surface area contributed by atoms with E-state index in [9.17, 15) is 4.79 Å². The van der Waals surface area contributed by atoms with Gasteiger partial charge in [0.25, 0.3) is 0 Å². The predicted molar refractivity (Wildman–Crippen MR) is 57.8 cm³/mol. The van der Waals surface area contributed by atoms with Crippen molar-refractivity contribution in [1.82, 2.24) is 5.32 Å². The van der Waals surface area contributed by atoms with Crippen LogP contribution in [-0.2, 0) is 4.79 Å². The van der Waals surface area contributed by atoms with E-state index < -0.39 is 0 Å². The van der Waals surface area contributed by atoms with Crippen LogP contribution in [0.2, 0.25) is 0 Å². The first-order valence-corrected chi connectivity index (χ1v) is 5.56. The number of amides is 1. The van der Waals surface area contributed by atoms with Crippen LogP contribution in [0.15, 0.2) is 0 Å². The van der Waals surface area contributed by atoms with Gasteiger partial charge in [-0.2, -0.15) is 0 Å². The van der Waals surface area contributed by atoms with E-state index >= 15 is 0 Å². The molecule has 3 N–H and O–H groups in total. The van der Waals surface area contributed by atoms with Crippen molar-refractivity contribution in [3.8, 4) is 0 Å². The summed E-state index contributed by atoms with van der Waals surface area (Å²) in [6, 6.07) is -0.350. The monoisotopic (exact) mass is 198 g/mol. The number of carbonyl (C=O) groups is 1. The summed E-state index contributed by atoms with van der Waals surface area (Å²) in [5, 5.41) is 3.04. The zero-order valence-electron chi connectivity index (χ0n) is 9.47. The molecule has 3 heteroatoms. The Hall–Kier alpha value is -0.570. The first kappa shape index (κ1) is 11.5. The summed E-state index contributed by atoms with van der Waals surface area (Å²) in [4.78, 5) is 11.7. The highest BCUT2D eigenvalue weighted by molar-refractivity contribution is 5.82. The van der Waals surface area contributed by atoms with E-state index in [-0.39, 0.29) is 23.4 Å². The highest BCUT2D eigenvalue weighted by Gasteiger charge is 2.34. The van der Waals surface area contributed by atoms with Gasteiger partial charge < -0.3 is 11.1 Å². The summed E-state index contributed by atoms with van der Waals surface area (Å²) in [6.45, 7) is 6.17. The number of hydrogen-bond acceptors (Lipinski definition) is 2. The maximum absolute atomic E-state index is 11.7. The number of hydrogen-bond donors (Lipinski definition) is 2. The van der Waals surface area contributed by atoms with Crippen molar-refractivity contribution in [2.75, 3.05) is 0 Å².